The molecule has 1 aromatic heterocycles. The van der Waals surface area contributed by atoms with E-state index in [1.165, 1.54) is 25.7 Å². The third-order valence-electron chi connectivity index (χ3n) is 6.30. The van der Waals surface area contributed by atoms with E-state index in [1.54, 1.807) is 0 Å². The number of carbonyl (C=O) groups is 1. The van der Waals surface area contributed by atoms with Crippen molar-refractivity contribution in [3.05, 3.63) is 41.7 Å². The molecule has 2 aromatic rings. The Morgan fingerprint density at radius 1 is 1.22 bits per heavy atom. The van der Waals surface area contributed by atoms with E-state index in [1.807, 2.05) is 10.9 Å². The lowest BCUT2D eigenvalue weighted by Gasteiger charge is -2.36. The number of ether oxygens (including phenoxy) is 1. The fraction of sp³-hybridized carbons (Fsp3) is 0.591. The summed E-state index contributed by atoms with van der Waals surface area (Å²) < 4.78 is 34.8. The van der Waals surface area contributed by atoms with Crippen LogP contribution in [0.5, 0.6) is 0 Å². The number of amides is 2. The van der Waals surface area contributed by atoms with Gasteiger partial charge in [-0.1, -0.05) is 18.1 Å². The number of urea groups is 1. The Balaban J connectivity index is 1.25. The molecule has 1 aliphatic carbocycles. The minimum Gasteiger partial charge on any atom is -0.394 e. The molecule has 174 valence electrons. The second-order valence-electron chi connectivity index (χ2n) is 8.56. The molecule has 4 rings (SSSR count). The first-order valence-electron chi connectivity index (χ1n) is 11.2. The average Bonchev–Trinajstić information content (AvgIpc) is 3.47. The van der Waals surface area contributed by atoms with Crippen LogP contribution in [0.1, 0.15) is 56.6 Å². The second-order valence-corrected chi connectivity index (χ2v) is 8.56. The van der Waals surface area contributed by atoms with Gasteiger partial charge in [0.2, 0.25) is 0 Å². The first-order valence-corrected chi connectivity index (χ1v) is 11.2. The summed E-state index contributed by atoms with van der Waals surface area (Å²) in [5.74, 6) is -0.863. The number of aromatic nitrogens is 3. The molecule has 32 heavy (non-hydrogen) atoms. The number of hydrogen-bond acceptors (Lipinski definition) is 5. The van der Waals surface area contributed by atoms with Gasteiger partial charge in [0.1, 0.15) is 17.7 Å². The van der Waals surface area contributed by atoms with Gasteiger partial charge in [0, 0.05) is 24.7 Å². The van der Waals surface area contributed by atoms with Crippen LogP contribution in [0.25, 0.3) is 0 Å². The number of halogens is 2. The summed E-state index contributed by atoms with van der Waals surface area (Å²) in [4.78, 5) is 12.2. The Bertz CT molecular complexity index is 919. The lowest BCUT2D eigenvalue weighted by atomic mass is 9.97. The Kier molecular flexibility index (Phi) is 7.31. The van der Waals surface area contributed by atoms with Crippen LogP contribution in [-0.4, -0.2) is 51.0 Å². The molecule has 1 aliphatic heterocycles. The van der Waals surface area contributed by atoms with Gasteiger partial charge in [0.25, 0.3) is 0 Å². The van der Waals surface area contributed by atoms with E-state index in [9.17, 15) is 18.7 Å². The minimum atomic E-state index is -0.732. The number of anilines is 1. The fourth-order valence-electron chi connectivity index (χ4n) is 4.54. The molecule has 0 unspecified atom stereocenters. The van der Waals surface area contributed by atoms with Crippen molar-refractivity contribution in [2.45, 2.75) is 75.7 Å². The molecule has 2 heterocycles. The number of aliphatic hydroxyl groups is 1. The van der Waals surface area contributed by atoms with Crippen molar-refractivity contribution in [3.63, 3.8) is 0 Å². The maximum atomic E-state index is 13.7. The highest BCUT2D eigenvalue weighted by Gasteiger charge is 2.32. The van der Waals surface area contributed by atoms with E-state index in [0.717, 1.165) is 30.3 Å². The topological polar surface area (TPSA) is 101 Å². The summed E-state index contributed by atoms with van der Waals surface area (Å²) in [5, 5.41) is 23.3. The normalized spacial score (nSPS) is 23.9. The average molecular weight is 450 g/mol. The zero-order valence-electron chi connectivity index (χ0n) is 17.8. The van der Waals surface area contributed by atoms with E-state index in [2.05, 4.69) is 20.9 Å². The van der Waals surface area contributed by atoms with Gasteiger partial charge >= 0.3 is 6.03 Å². The van der Waals surface area contributed by atoms with Gasteiger partial charge in [-0.15, -0.1) is 5.10 Å². The van der Waals surface area contributed by atoms with Crippen molar-refractivity contribution >= 4 is 11.7 Å². The molecule has 3 N–H and O–H groups in total. The number of aryl methyl sites for hydroxylation is 1. The smallest absolute Gasteiger partial charge is 0.319 e. The van der Waals surface area contributed by atoms with Gasteiger partial charge < -0.3 is 20.5 Å². The van der Waals surface area contributed by atoms with Crippen LogP contribution in [0.2, 0.25) is 0 Å². The molecule has 1 saturated heterocycles. The number of aliphatic hydroxyl groups excluding tert-OH is 1. The van der Waals surface area contributed by atoms with E-state index in [-0.39, 0.29) is 18.4 Å². The Hall–Kier alpha value is -2.59. The van der Waals surface area contributed by atoms with Crippen LogP contribution in [0.4, 0.5) is 19.3 Å². The van der Waals surface area contributed by atoms with E-state index in [4.69, 9.17) is 4.74 Å². The van der Waals surface area contributed by atoms with Crippen LogP contribution in [-0.2, 0) is 11.3 Å². The minimum absolute atomic E-state index is 0.0759. The molecule has 2 aliphatic rings. The number of rotatable bonds is 7. The van der Waals surface area contributed by atoms with Gasteiger partial charge in [-0.05, 0) is 44.2 Å². The molecule has 2 fully saturated rings. The summed E-state index contributed by atoms with van der Waals surface area (Å²) in [6, 6.07) is 1.72. The quantitative estimate of drug-likeness (QED) is 0.602. The van der Waals surface area contributed by atoms with Crippen LogP contribution >= 0.6 is 0 Å². The van der Waals surface area contributed by atoms with E-state index in [0.29, 0.717) is 25.3 Å². The van der Waals surface area contributed by atoms with Crippen molar-refractivity contribution in [3.8, 4) is 0 Å². The molecule has 1 aromatic carbocycles. The number of carbonyl (C=O) groups excluding carboxylic acids is 1. The maximum Gasteiger partial charge on any atom is 0.319 e. The number of nitrogens with zero attached hydrogens (tertiary/aromatic N) is 3. The molecule has 1 saturated carbocycles. The molecule has 0 bridgehead atoms. The summed E-state index contributed by atoms with van der Waals surface area (Å²) in [5.41, 5.74) is 0.813. The van der Waals surface area contributed by atoms with Gasteiger partial charge in [-0.2, -0.15) is 0 Å². The zero-order chi connectivity index (χ0) is 22.5. The van der Waals surface area contributed by atoms with E-state index < -0.39 is 29.8 Å². The summed E-state index contributed by atoms with van der Waals surface area (Å²) in [6.07, 6.45) is 8.22. The molecule has 2 amide bonds. The van der Waals surface area contributed by atoms with Crippen molar-refractivity contribution in [2.24, 2.45) is 0 Å². The molecule has 3 atom stereocenters. The third kappa shape index (κ3) is 5.60. The van der Waals surface area contributed by atoms with Crippen LogP contribution in [0.15, 0.2) is 24.4 Å². The number of nitrogens with one attached hydrogen (secondary N) is 2. The summed E-state index contributed by atoms with van der Waals surface area (Å²) >= 11 is 0. The lowest BCUT2D eigenvalue weighted by Crippen LogP contribution is -2.52. The molecule has 0 radical (unpaired) electrons. The first-order chi connectivity index (χ1) is 15.5. The lowest BCUT2D eigenvalue weighted by molar-refractivity contribution is -0.0905. The van der Waals surface area contributed by atoms with Gasteiger partial charge in [0.05, 0.1) is 30.1 Å². The highest BCUT2D eigenvalue weighted by Crippen LogP contribution is 2.32. The largest absolute Gasteiger partial charge is 0.394 e. The fourth-order valence-corrected chi connectivity index (χ4v) is 4.54. The van der Waals surface area contributed by atoms with Crippen molar-refractivity contribution in [1.29, 1.82) is 0 Å². The third-order valence-corrected chi connectivity index (χ3v) is 6.30. The standard InChI is InChI=1S/C22H29F2N5O3/c23-15-5-7-17(24)19(11-15)26-22(31)25-18-8-6-16(32-21(18)13-30)9-10-29-12-20(27-28-29)14-3-1-2-4-14/h5,7,11-12,14,16,18,21,30H,1-4,6,8-10,13H2,(H2,25,26,31)/t16-,18+,21-/m0/s1. The Morgan fingerprint density at radius 3 is 2.81 bits per heavy atom. The van der Waals surface area contributed by atoms with Crippen molar-refractivity contribution in [2.75, 3.05) is 11.9 Å². The molecular formula is C22H29F2N5O3. The van der Waals surface area contributed by atoms with E-state index >= 15 is 0 Å². The monoisotopic (exact) mass is 449 g/mol. The second kappa shape index (κ2) is 10.4. The molecule has 0 spiro atoms. The number of benzene rings is 1. The SMILES string of the molecule is O=C(Nc1cc(F)ccc1F)N[C@@H]1CC[C@@H](CCn2cc(C3CCCC3)nn2)O[C@H]1CO. The van der Waals surface area contributed by atoms with Gasteiger partial charge in [-0.25, -0.2) is 13.6 Å². The zero-order valence-corrected chi connectivity index (χ0v) is 17.8. The van der Waals surface area contributed by atoms with Crippen molar-refractivity contribution < 1.29 is 23.4 Å². The summed E-state index contributed by atoms with van der Waals surface area (Å²) in [6.45, 7) is 0.408. The molecule has 8 nitrogen and oxygen atoms in total. The number of hydrogen-bond donors (Lipinski definition) is 3. The van der Waals surface area contributed by atoms with Gasteiger partial charge in [0.15, 0.2) is 0 Å². The Morgan fingerprint density at radius 2 is 2.03 bits per heavy atom. The van der Waals surface area contributed by atoms with Crippen LogP contribution in [0.3, 0.4) is 0 Å². The molecular weight excluding hydrogens is 420 g/mol. The Labute approximate surface area is 185 Å². The molecule has 10 heteroatoms. The maximum absolute atomic E-state index is 13.7. The van der Waals surface area contributed by atoms with Crippen LogP contribution in [0, 0.1) is 11.6 Å². The highest BCUT2D eigenvalue weighted by atomic mass is 19.1. The first kappa shape index (κ1) is 22.6. The predicted octanol–water partition coefficient (Wildman–Crippen LogP) is 3.33. The highest BCUT2D eigenvalue weighted by molar-refractivity contribution is 5.89. The van der Waals surface area contributed by atoms with Crippen LogP contribution < -0.4 is 10.6 Å². The van der Waals surface area contributed by atoms with Crippen molar-refractivity contribution in [1.82, 2.24) is 20.3 Å². The predicted molar refractivity (Wildman–Crippen MR) is 113 cm³/mol. The van der Waals surface area contributed by atoms with Gasteiger partial charge in [-0.3, -0.25) is 4.68 Å². The summed E-state index contributed by atoms with van der Waals surface area (Å²) in [7, 11) is 0.